The Morgan fingerprint density at radius 1 is 1.15 bits per heavy atom. The number of aromatic amines is 1. The first-order valence-corrected chi connectivity index (χ1v) is 12.1. The fraction of sp³-hybridized carbons (Fsp3) is 0.192. The zero-order valence-corrected chi connectivity index (χ0v) is 19.0. The molecule has 1 atom stereocenters. The smallest absolute Gasteiger partial charge is 0.161 e. The number of hydrogen-bond donors (Lipinski definition) is 2. The summed E-state index contributed by atoms with van der Waals surface area (Å²) < 4.78 is 0. The zero-order chi connectivity index (χ0) is 22.9. The van der Waals surface area contributed by atoms with E-state index in [4.69, 9.17) is 5.73 Å². The molecule has 1 unspecified atom stereocenters. The van der Waals surface area contributed by atoms with Crippen molar-refractivity contribution in [3.05, 3.63) is 88.9 Å². The third-order valence-corrected chi connectivity index (χ3v) is 6.98. The standard InChI is InChI=1S/C26H23N5OS/c1-33-18-12-10-17(11-13-18)24-19(15-27)26(28)31(21-8-5-9-22(32)25(21)24)23-14-20(29-30-23)16-6-3-2-4-7-16/h2-4,6-7,10-14,24H,5,8-9,28H2,1H3,(H,29,30). The molecule has 1 aliphatic heterocycles. The molecule has 7 heteroatoms. The summed E-state index contributed by atoms with van der Waals surface area (Å²) in [4.78, 5) is 16.1. The van der Waals surface area contributed by atoms with Crippen LogP contribution in [0.3, 0.4) is 0 Å². The minimum absolute atomic E-state index is 0.0688. The van der Waals surface area contributed by atoms with Gasteiger partial charge in [-0.05, 0) is 42.4 Å². The molecule has 2 aromatic carbocycles. The number of nitrogens with two attached hydrogens (primary N) is 1. The largest absolute Gasteiger partial charge is 0.384 e. The molecule has 33 heavy (non-hydrogen) atoms. The highest BCUT2D eigenvalue weighted by atomic mass is 32.2. The molecule has 0 bridgehead atoms. The molecule has 0 radical (unpaired) electrons. The first-order valence-electron chi connectivity index (χ1n) is 10.8. The number of hydrogen-bond acceptors (Lipinski definition) is 6. The van der Waals surface area contributed by atoms with Gasteiger partial charge in [0.1, 0.15) is 5.82 Å². The van der Waals surface area contributed by atoms with E-state index < -0.39 is 5.92 Å². The number of Topliss-reactive ketones (excluding diaryl/α,β-unsaturated/α-hetero) is 1. The molecule has 5 rings (SSSR count). The van der Waals surface area contributed by atoms with Crippen LogP contribution in [0.15, 0.2) is 88.2 Å². The predicted octanol–water partition coefficient (Wildman–Crippen LogP) is 5.10. The molecule has 0 spiro atoms. The summed E-state index contributed by atoms with van der Waals surface area (Å²) in [6.45, 7) is 0. The van der Waals surface area contributed by atoms with Gasteiger partial charge >= 0.3 is 0 Å². The second-order valence-corrected chi connectivity index (χ2v) is 8.97. The molecule has 6 nitrogen and oxygen atoms in total. The van der Waals surface area contributed by atoms with Crippen LogP contribution in [0.5, 0.6) is 0 Å². The van der Waals surface area contributed by atoms with Gasteiger partial charge in [0, 0.05) is 28.7 Å². The number of carbonyl (C=O) groups excluding carboxylic acids is 1. The number of rotatable bonds is 4. The van der Waals surface area contributed by atoms with Crippen LogP contribution < -0.4 is 10.6 Å². The second-order valence-electron chi connectivity index (χ2n) is 8.10. The van der Waals surface area contributed by atoms with E-state index in [2.05, 4.69) is 16.3 Å². The van der Waals surface area contributed by atoms with Gasteiger partial charge in [-0.3, -0.25) is 14.8 Å². The average molecular weight is 454 g/mol. The van der Waals surface area contributed by atoms with Crippen molar-refractivity contribution in [2.75, 3.05) is 11.2 Å². The highest BCUT2D eigenvalue weighted by molar-refractivity contribution is 7.98. The molecule has 164 valence electrons. The molecule has 2 heterocycles. The van der Waals surface area contributed by atoms with E-state index in [0.29, 0.717) is 35.6 Å². The number of nitrogens with one attached hydrogen (secondary N) is 1. The molecule has 3 N–H and O–H groups in total. The lowest BCUT2D eigenvalue weighted by atomic mass is 9.75. The Bertz CT molecular complexity index is 1310. The Labute approximate surface area is 196 Å². The molecule has 0 saturated carbocycles. The Morgan fingerprint density at radius 3 is 2.61 bits per heavy atom. The number of nitriles is 1. The molecule has 2 aliphatic rings. The molecule has 1 aliphatic carbocycles. The van der Waals surface area contributed by atoms with Crippen molar-refractivity contribution in [2.45, 2.75) is 30.1 Å². The third-order valence-electron chi connectivity index (χ3n) is 6.24. The van der Waals surface area contributed by atoms with Crippen LogP contribution in [0, 0.1) is 11.3 Å². The van der Waals surface area contributed by atoms with Crippen LogP contribution in [-0.2, 0) is 4.79 Å². The van der Waals surface area contributed by atoms with E-state index in [-0.39, 0.29) is 5.78 Å². The maximum atomic E-state index is 13.2. The van der Waals surface area contributed by atoms with Gasteiger partial charge in [-0.1, -0.05) is 42.5 Å². The first kappa shape index (κ1) is 21.1. The Morgan fingerprint density at radius 2 is 1.91 bits per heavy atom. The fourth-order valence-electron chi connectivity index (χ4n) is 4.67. The molecule has 1 aromatic heterocycles. The molecule has 0 amide bonds. The minimum atomic E-state index is -0.461. The molecule has 0 saturated heterocycles. The summed E-state index contributed by atoms with van der Waals surface area (Å²) in [6.07, 6.45) is 3.94. The van der Waals surface area contributed by atoms with E-state index in [9.17, 15) is 10.1 Å². The number of nitrogens with zero attached hydrogens (tertiary/aromatic N) is 3. The van der Waals surface area contributed by atoms with Crippen molar-refractivity contribution < 1.29 is 4.79 Å². The van der Waals surface area contributed by atoms with E-state index in [0.717, 1.165) is 33.8 Å². The predicted molar refractivity (Wildman–Crippen MR) is 130 cm³/mol. The Hall–Kier alpha value is -3.76. The lowest BCUT2D eigenvalue weighted by molar-refractivity contribution is -0.116. The SMILES string of the molecule is CSc1ccc(C2C(C#N)=C(N)N(c3cc(-c4ccccc4)[nH]n3)C3=C2C(=O)CCC3)cc1. The van der Waals surface area contributed by atoms with E-state index >= 15 is 0 Å². The summed E-state index contributed by atoms with van der Waals surface area (Å²) in [5, 5.41) is 17.7. The highest BCUT2D eigenvalue weighted by Crippen LogP contribution is 2.46. The zero-order valence-electron chi connectivity index (χ0n) is 18.2. The van der Waals surface area contributed by atoms with Crippen LogP contribution in [0.1, 0.15) is 30.7 Å². The van der Waals surface area contributed by atoms with Gasteiger partial charge in [-0.15, -0.1) is 11.8 Å². The summed E-state index contributed by atoms with van der Waals surface area (Å²) in [5.41, 5.74) is 11.3. The fourth-order valence-corrected chi connectivity index (χ4v) is 5.08. The average Bonchev–Trinajstić information content (AvgIpc) is 3.34. The van der Waals surface area contributed by atoms with Crippen molar-refractivity contribution in [1.82, 2.24) is 10.2 Å². The van der Waals surface area contributed by atoms with Crippen LogP contribution in [-0.4, -0.2) is 22.2 Å². The number of anilines is 1. The van der Waals surface area contributed by atoms with E-state index in [1.807, 2.05) is 66.9 Å². The van der Waals surface area contributed by atoms with Gasteiger partial charge < -0.3 is 5.73 Å². The van der Waals surface area contributed by atoms with Crippen molar-refractivity contribution in [3.8, 4) is 17.3 Å². The van der Waals surface area contributed by atoms with Crippen LogP contribution in [0.2, 0.25) is 0 Å². The van der Waals surface area contributed by atoms with E-state index in [1.165, 1.54) is 0 Å². The third kappa shape index (κ3) is 3.62. The van der Waals surface area contributed by atoms with Crippen molar-refractivity contribution in [1.29, 1.82) is 5.26 Å². The highest BCUT2D eigenvalue weighted by Gasteiger charge is 2.40. The molecule has 3 aromatic rings. The molecular formula is C26H23N5OS. The lowest BCUT2D eigenvalue weighted by Gasteiger charge is -2.38. The second kappa shape index (κ2) is 8.64. The van der Waals surface area contributed by atoms with Crippen LogP contribution >= 0.6 is 11.8 Å². The summed E-state index contributed by atoms with van der Waals surface area (Å²) in [7, 11) is 0. The lowest BCUT2D eigenvalue weighted by Crippen LogP contribution is -2.38. The van der Waals surface area contributed by atoms with Gasteiger partial charge in [-0.2, -0.15) is 10.4 Å². The number of allylic oxidation sites excluding steroid dienone is 3. The van der Waals surface area contributed by atoms with Crippen molar-refractivity contribution in [2.24, 2.45) is 5.73 Å². The quantitative estimate of drug-likeness (QED) is 0.533. The van der Waals surface area contributed by atoms with Gasteiger partial charge in [0.25, 0.3) is 0 Å². The monoisotopic (exact) mass is 453 g/mol. The summed E-state index contributed by atoms with van der Waals surface area (Å²) in [6, 6.07) is 22.1. The van der Waals surface area contributed by atoms with Crippen molar-refractivity contribution >= 4 is 23.4 Å². The van der Waals surface area contributed by atoms with Gasteiger partial charge in [0.15, 0.2) is 11.6 Å². The first-order chi connectivity index (χ1) is 16.1. The maximum absolute atomic E-state index is 13.2. The van der Waals surface area contributed by atoms with E-state index in [1.54, 1.807) is 16.7 Å². The Kier molecular flexibility index (Phi) is 5.53. The maximum Gasteiger partial charge on any atom is 0.161 e. The molecular weight excluding hydrogens is 430 g/mol. The van der Waals surface area contributed by atoms with Crippen molar-refractivity contribution in [3.63, 3.8) is 0 Å². The Balaban J connectivity index is 1.65. The minimum Gasteiger partial charge on any atom is -0.384 e. The van der Waals surface area contributed by atoms with Gasteiger partial charge in [0.2, 0.25) is 0 Å². The number of H-pyrrole nitrogens is 1. The summed E-state index contributed by atoms with van der Waals surface area (Å²) >= 11 is 1.65. The number of carbonyl (C=O) groups is 1. The number of aromatic nitrogens is 2. The number of ketones is 1. The van der Waals surface area contributed by atoms with Gasteiger partial charge in [0.05, 0.1) is 23.3 Å². The van der Waals surface area contributed by atoms with Crippen LogP contribution in [0.25, 0.3) is 11.3 Å². The summed E-state index contributed by atoms with van der Waals surface area (Å²) in [5.74, 6) is 0.519. The van der Waals surface area contributed by atoms with Gasteiger partial charge in [-0.25, -0.2) is 0 Å². The number of thioether (sulfide) groups is 1. The normalized spacial score (nSPS) is 18.4. The topological polar surface area (TPSA) is 98.8 Å². The molecule has 0 fully saturated rings. The van der Waals surface area contributed by atoms with Crippen LogP contribution in [0.4, 0.5) is 5.82 Å². The number of benzene rings is 2.